The zero-order valence-electron chi connectivity index (χ0n) is 9.34. The molecule has 1 heterocycles. The molecule has 0 radical (unpaired) electrons. The van der Waals surface area contributed by atoms with Gasteiger partial charge in [-0.3, -0.25) is 4.90 Å². The normalized spacial score (nSPS) is 19.7. The Balaban J connectivity index is 2.18. The van der Waals surface area contributed by atoms with E-state index in [0.717, 1.165) is 36.2 Å². The van der Waals surface area contributed by atoms with Gasteiger partial charge in [0.1, 0.15) is 5.82 Å². The Hall–Kier alpha value is -0.450. The summed E-state index contributed by atoms with van der Waals surface area (Å²) in [6.07, 6.45) is 0. The third-order valence-electron chi connectivity index (χ3n) is 3.11. The number of nitrogens with one attached hydrogen (secondary N) is 1. The largest absolute Gasteiger partial charge is 0.314 e. The van der Waals surface area contributed by atoms with Gasteiger partial charge >= 0.3 is 0 Å². The molecule has 0 bridgehead atoms. The van der Waals surface area contributed by atoms with E-state index < -0.39 is 0 Å². The molecule has 1 aromatic carbocycles. The fourth-order valence-corrected chi connectivity index (χ4v) is 2.48. The number of halogens is 2. The monoisotopic (exact) mass is 286 g/mol. The van der Waals surface area contributed by atoms with E-state index in [2.05, 4.69) is 33.1 Å². The lowest BCUT2D eigenvalue weighted by atomic mass is 10.1. The molecular weight excluding hydrogens is 271 g/mol. The molecule has 1 unspecified atom stereocenters. The van der Waals surface area contributed by atoms with Crippen LogP contribution in [0.5, 0.6) is 0 Å². The van der Waals surface area contributed by atoms with Crippen LogP contribution in [0, 0.1) is 5.82 Å². The van der Waals surface area contributed by atoms with Crippen molar-refractivity contribution < 1.29 is 4.39 Å². The molecule has 1 N–H and O–H groups in total. The maximum absolute atomic E-state index is 13.7. The Morgan fingerprint density at radius 3 is 2.75 bits per heavy atom. The van der Waals surface area contributed by atoms with E-state index in [-0.39, 0.29) is 11.9 Å². The van der Waals surface area contributed by atoms with Crippen LogP contribution in [0.2, 0.25) is 0 Å². The number of piperazine rings is 1. The molecule has 1 aliphatic rings. The molecule has 2 nitrogen and oxygen atoms in total. The zero-order valence-corrected chi connectivity index (χ0v) is 10.9. The maximum atomic E-state index is 13.7. The number of hydrogen-bond donors (Lipinski definition) is 1. The molecule has 88 valence electrons. The van der Waals surface area contributed by atoms with Gasteiger partial charge in [-0.05, 0) is 25.1 Å². The van der Waals surface area contributed by atoms with E-state index in [0.29, 0.717) is 0 Å². The van der Waals surface area contributed by atoms with Gasteiger partial charge in [-0.15, -0.1) is 0 Å². The molecule has 0 amide bonds. The molecule has 0 spiro atoms. The van der Waals surface area contributed by atoms with E-state index in [1.54, 1.807) is 6.07 Å². The predicted molar refractivity (Wildman–Crippen MR) is 67.0 cm³/mol. The van der Waals surface area contributed by atoms with Crippen molar-refractivity contribution in [3.63, 3.8) is 0 Å². The molecule has 1 atom stereocenters. The Labute approximate surface area is 104 Å². The molecule has 16 heavy (non-hydrogen) atoms. The number of rotatable bonds is 2. The molecule has 4 heteroatoms. The second-order valence-electron chi connectivity index (χ2n) is 4.13. The van der Waals surface area contributed by atoms with Crippen molar-refractivity contribution >= 4 is 15.9 Å². The standard InChI is InChI=1S/C12H16BrFN2/c1-9(16-6-4-15-5-7-16)11-8-10(13)2-3-12(11)14/h2-3,8-9,15H,4-7H2,1H3. The van der Waals surface area contributed by atoms with Crippen molar-refractivity contribution in [2.45, 2.75) is 13.0 Å². The highest BCUT2D eigenvalue weighted by Gasteiger charge is 2.20. The molecular formula is C12H16BrFN2. The summed E-state index contributed by atoms with van der Waals surface area (Å²) in [7, 11) is 0. The molecule has 0 saturated carbocycles. The Morgan fingerprint density at radius 1 is 1.38 bits per heavy atom. The predicted octanol–water partition coefficient (Wildman–Crippen LogP) is 2.55. The highest BCUT2D eigenvalue weighted by Crippen LogP contribution is 2.26. The first-order valence-electron chi connectivity index (χ1n) is 5.58. The van der Waals surface area contributed by atoms with Crippen LogP contribution >= 0.6 is 15.9 Å². The third-order valence-corrected chi connectivity index (χ3v) is 3.60. The molecule has 0 aromatic heterocycles. The first-order valence-corrected chi connectivity index (χ1v) is 6.37. The van der Waals surface area contributed by atoms with Crippen LogP contribution in [-0.2, 0) is 0 Å². The topological polar surface area (TPSA) is 15.3 Å². The van der Waals surface area contributed by atoms with Crippen LogP contribution in [0.25, 0.3) is 0 Å². The minimum Gasteiger partial charge on any atom is -0.314 e. The Bertz CT molecular complexity index is 364. The molecule has 1 fully saturated rings. The summed E-state index contributed by atoms with van der Waals surface area (Å²) < 4.78 is 14.6. The van der Waals surface area contributed by atoms with Crippen LogP contribution < -0.4 is 5.32 Å². The van der Waals surface area contributed by atoms with Gasteiger partial charge < -0.3 is 5.32 Å². The van der Waals surface area contributed by atoms with E-state index in [1.807, 2.05) is 6.07 Å². The van der Waals surface area contributed by atoms with Crippen LogP contribution in [0.15, 0.2) is 22.7 Å². The lowest BCUT2D eigenvalue weighted by molar-refractivity contribution is 0.182. The van der Waals surface area contributed by atoms with Gasteiger partial charge in [0.05, 0.1) is 0 Å². The van der Waals surface area contributed by atoms with E-state index in [1.165, 1.54) is 6.07 Å². The van der Waals surface area contributed by atoms with Crippen LogP contribution in [-0.4, -0.2) is 31.1 Å². The van der Waals surface area contributed by atoms with Gasteiger partial charge in [-0.2, -0.15) is 0 Å². The van der Waals surface area contributed by atoms with E-state index in [9.17, 15) is 4.39 Å². The smallest absolute Gasteiger partial charge is 0.128 e. The highest BCUT2D eigenvalue weighted by molar-refractivity contribution is 9.10. The lowest BCUT2D eigenvalue weighted by Gasteiger charge is -2.33. The van der Waals surface area contributed by atoms with Gasteiger partial charge in [-0.25, -0.2) is 4.39 Å². The fraction of sp³-hybridized carbons (Fsp3) is 0.500. The van der Waals surface area contributed by atoms with Gasteiger partial charge in [0, 0.05) is 42.3 Å². The van der Waals surface area contributed by atoms with Crippen molar-refractivity contribution in [3.8, 4) is 0 Å². The molecule has 1 aliphatic heterocycles. The second-order valence-corrected chi connectivity index (χ2v) is 5.04. The summed E-state index contributed by atoms with van der Waals surface area (Å²) in [5.74, 6) is -0.116. The first-order chi connectivity index (χ1) is 7.68. The van der Waals surface area contributed by atoms with Crippen molar-refractivity contribution in [2.24, 2.45) is 0 Å². The van der Waals surface area contributed by atoms with E-state index >= 15 is 0 Å². The van der Waals surface area contributed by atoms with E-state index in [4.69, 9.17) is 0 Å². The summed E-state index contributed by atoms with van der Waals surface area (Å²) in [6.45, 7) is 6.00. The number of hydrogen-bond acceptors (Lipinski definition) is 2. The van der Waals surface area contributed by atoms with Crippen molar-refractivity contribution in [3.05, 3.63) is 34.1 Å². The molecule has 1 saturated heterocycles. The van der Waals surface area contributed by atoms with Crippen LogP contribution in [0.1, 0.15) is 18.5 Å². The van der Waals surface area contributed by atoms with Crippen molar-refractivity contribution in [1.29, 1.82) is 0 Å². The zero-order chi connectivity index (χ0) is 11.5. The summed E-state index contributed by atoms with van der Waals surface area (Å²) in [5.41, 5.74) is 0.774. The summed E-state index contributed by atoms with van der Waals surface area (Å²) in [4.78, 5) is 2.31. The molecule has 0 aliphatic carbocycles. The Morgan fingerprint density at radius 2 is 2.06 bits per heavy atom. The van der Waals surface area contributed by atoms with Gasteiger partial charge in [0.25, 0.3) is 0 Å². The Kier molecular flexibility index (Phi) is 3.95. The van der Waals surface area contributed by atoms with Gasteiger partial charge in [0.2, 0.25) is 0 Å². The average molecular weight is 287 g/mol. The SMILES string of the molecule is CC(c1cc(Br)ccc1F)N1CCNCC1. The van der Waals surface area contributed by atoms with Gasteiger partial charge in [-0.1, -0.05) is 15.9 Å². The molecule has 2 rings (SSSR count). The third kappa shape index (κ3) is 2.62. The number of nitrogens with zero attached hydrogens (tertiary/aromatic N) is 1. The van der Waals surface area contributed by atoms with Crippen molar-refractivity contribution in [1.82, 2.24) is 10.2 Å². The lowest BCUT2D eigenvalue weighted by Crippen LogP contribution is -2.44. The maximum Gasteiger partial charge on any atom is 0.128 e. The summed E-state index contributed by atoms with van der Waals surface area (Å²) >= 11 is 3.39. The minimum absolute atomic E-state index is 0.116. The summed E-state index contributed by atoms with van der Waals surface area (Å²) in [5, 5.41) is 3.30. The second kappa shape index (κ2) is 5.25. The number of benzene rings is 1. The fourth-order valence-electron chi connectivity index (χ4n) is 2.10. The summed E-state index contributed by atoms with van der Waals surface area (Å²) in [6, 6.07) is 5.28. The van der Waals surface area contributed by atoms with Crippen LogP contribution in [0.4, 0.5) is 4.39 Å². The average Bonchev–Trinajstić information content (AvgIpc) is 2.32. The van der Waals surface area contributed by atoms with Gasteiger partial charge in [0.15, 0.2) is 0 Å². The van der Waals surface area contributed by atoms with Crippen molar-refractivity contribution in [2.75, 3.05) is 26.2 Å². The molecule has 1 aromatic rings. The highest BCUT2D eigenvalue weighted by atomic mass is 79.9. The quantitative estimate of drug-likeness (QED) is 0.899. The first kappa shape index (κ1) is 12.0. The van der Waals surface area contributed by atoms with Crippen LogP contribution in [0.3, 0.4) is 0 Å². The minimum atomic E-state index is -0.116.